The largest absolute Gasteiger partial charge is 0.337 e. The summed E-state index contributed by atoms with van der Waals surface area (Å²) in [5.41, 5.74) is 2.03. The highest BCUT2D eigenvalue weighted by Crippen LogP contribution is 2.37. The molecule has 2 aromatic carbocycles. The molecule has 4 rings (SSSR count). The van der Waals surface area contributed by atoms with E-state index in [9.17, 15) is 29.8 Å². The van der Waals surface area contributed by atoms with Gasteiger partial charge in [0, 0.05) is 46.6 Å². The average molecular weight is 550 g/mol. The normalized spacial score (nSPS) is 13.1. The van der Waals surface area contributed by atoms with Crippen LogP contribution in [0, 0.1) is 21.4 Å². The number of hydrogen-bond acceptors (Lipinski definition) is 8. The summed E-state index contributed by atoms with van der Waals surface area (Å²) in [5.74, 6) is -0.708. The van der Waals surface area contributed by atoms with Crippen molar-refractivity contribution < 1.29 is 19.3 Å². The quantitative estimate of drug-likeness (QED) is 0.244. The van der Waals surface area contributed by atoms with Crippen molar-refractivity contribution in [2.45, 2.75) is 37.0 Å². The van der Waals surface area contributed by atoms with Crippen LogP contribution in [-0.2, 0) is 22.6 Å². The number of anilines is 2. The summed E-state index contributed by atoms with van der Waals surface area (Å²) >= 11 is 2.62. The standard InChI is InChI=1S/C26H23N5O5S2/c1-15(24(33)29-26-22(13-27)21-10-11-30(16(2)32)14-23(21)38-26)37-20-5-3-4-18(12-20)28-25(34)17-6-8-19(9-7-17)31(35)36/h3-9,12,15H,10-11,14H2,1-2H3,(H,28,34)(H,29,33). The Morgan fingerprint density at radius 1 is 1.18 bits per heavy atom. The summed E-state index contributed by atoms with van der Waals surface area (Å²) in [5, 5.41) is 26.1. The molecule has 0 bridgehead atoms. The molecule has 1 aliphatic rings. The Bertz CT molecular complexity index is 1460. The maximum atomic E-state index is 13.0. The average Bonchev–Trinajstić information content (AvgIpc) is 3.24. The molecule has 1 unspecified atom stereocenters. The second-order valence-electron chi connectivity index (χ2n) is 8.55. The number of carbonyl (C=O) groups is 3. The fourth-order valence-corrected chi connectivity index (χ4v) is 6.08. The van der Waals surface area contributed by atoms with E-state index in [2.05, 4.69) is 16.7 Å². The first-order valence-corrected chi connectivity index (χ1v) is 13.3. The maximum absolute atomic E-state index is 13.0. The molecule has 0 saturated heterocycles. The van der Waals surface area contributed by atoms with Crippen LogP contribution in [0.15, 0.2) is 53.4 Å². The van der Waals surface area contributed by atoms with Gasteiger partial charge in [0.05, 0.1) is 22.3 Å². The lowest BCUT2D eigenvalue weighted by Crippen LogP contribution is -2.33. The Labute approximate surface area is 226 Å². The van der Waals surface area contributed by atoms with Crippen LogP contribution in [0.4, 0.5) is 16.4 Å². The first-order chi connectivity index (χ1) is 18.2. The molecule has 2 N–H and O–H groups in total. The number of carbonyl (C=O) groups excluding carboxylic acids is 3. The van der Waals surface area contributed by atoms with Crippen molar-refractivity contribution in [1.82, 2.24) is 4.90 Å². The minimum absolute atomic E-state index is 0.0238. The van der Waals surface area contributed by atoms with Gasteiger partial charge in [0.15, 0.2) is 0 Å². The number of benzene rings is 2. The predicted molar refractivity (Wildman–Crippen MR) is 145 cm³/mol. The second-order valence-corrected chi connectivity index (χ2v) is 11.1. The maximum Gasteiger partial charge on any atom is 0.269 e. The van der Waals surface area contributed by atoms with E-state index in [4.69, 9.17) is 0 Å². The lowest BCUT2D eigenvalue weighted by atomic mass is 10.0. The lowest BCUT2D eigenvalue weighted by Gasteiger charge is -2.25. The third-order valence-electron chi connectivity index (χ3n) is 5.97. The van der Waals surface area contributed by atoms with Crippen molar-refractivity contribution in [1.29, 1.82) is 5.26 Å². The number of nitro groups is 1. The molecule has 1 aromatic heterocycles. The number of fused-ring (bicyclic) bond motifs is 1. The molecule has 0 spiro atoms. The highest BCUT2D eigenvalue weighted by Gasteiger charge is 2.27. The highest BCUT2D eigenvalue weighted by atomic mass is 32.2. The van der Waals surface area contributed by atoms with Crippen LogP contribution in [0.1, 0.15) is 40.2 Å². The van der Waals surface area contributed by atoms with Gasteiger partial charge in [0.1, 0.15) is 11.1 Å². The van der Waals surface area contributed by atoms with E-state index in [1.807, 2.05) is 6.07 Å². The predicted octanol–water partition coefficient (Wildman–Crippen LogP) is 4.80. The molecule has 0 saturated carbocycles. The van der Waals surface area contributed by atoms with E-state index in [-0.39, 0.29) is 23.1 Å². The SMILES string of the molecule is CC(=O)N1CCc2c(sc(NC(=O)C(C)Sc3cccc(NC(=O)c4ccc([N+](=O)[O-])cc4)c3)c2C#N)C1. The molecule has 1 atom stereocenters. The zero-order valence-electron chi connectivity index (χ0n) is 20.5. The van der Waals surface area contributed by atoms with E-state index in [1.54, 1.807) is 30.0 Å². The molecule has 3 aromatic rings. The monoisotopic (exact) mass is 549 g/mol. The number of nitro benzene ring substituents is 1. The number of hydrogen-bond donors (Lipinski definition) is 2. The van der Waals surface area contributed by atoms with Gasteiger partial charge in [0.2, 0.25) is 11.8 Å². The summed E-state index contributed by atoms with van der Waals surface area (Å²) in [4.78, 5) is 50.9. The Morgan fingerprint density at radius 2 is 1.92 bits per heavy atom. The lowest BCUT2D eigenvalue weighted by molar-refractivity contribution is -0.384. The molecule has 0 fully saturated rings. The van der Waals surface area contributed by atoms with Gasteiger partial charge in [-0.25, -0.2) is 0 Å². The van der Waals surface area contributed by atoms with Gasteiger partial charge in [-0.05, 0) is 49.2 Å². The first-order valence-electron chi connectivity index (χ1n) is 11.6. The summed E-state index contributed by atoms with van der Waals surface area (Å²) in [7, 11) is 0. The van der Waals surface area contributed by atoms with Crippen LogP contribution in [0.2, 0.25) is 0 Å². The molecule has 38 heavy (non-hydrogen) atoms. The summed E-state index contributed by atoms with van der Waals surface area (Å²) in [6.45, 7) is 4.24. The van der Waals surface area contributed by atoms with Crippen LogP contribution in [0.25, 0.3) is 0 Å². The minimum atomic E-state index is -0.532. The Balaban J connectivity index is 1.40. The number of nitrogens with one attached hydrogen (secondary N) is 2. The third-order valence-corrected chi connectivity index (χ3v) is 8.19. The molecule has 3 amide bonds. The van der Waals surface area contributed by atoms with Crippen LogP contribution < -0.4 is 10.6 Å². The number of rotatable bonds is 7. The Morgan fingerprint density at radius 3 is 2.58 bits per heavy atom. The number of amides is 3. The molecule has 194 valence electrons. The van der Waals surface area contributed by atoms with E-state index in [0.29, 0.717) is 35.8 Å². The fraction of sp³-hybridized carbons (Fsp3) is 0.231. The molecule has 0 aliphatic carbocycles. The highest BCUT2D eigenvalue weighted by molar-refractivity contribution is 8.00. The minimum Gasteiger partial charge on any atom is -0.337 e. The summed E-state index contributed by atoms with van der Waals surface area (Å²) < 4.78 is 0. The molecule has 2 heterocycles. The van der Waals surface area contributed by atoms with Crippen molar-refractivity contribution in [3.63, 3.8) is 0 Å². The zero-order valence-corrected chi connectivity index (χ0v) is 22.1. The van der Waals surface area contributed by atoms with Gasteiger partial charge in [-0.15, -0.1) is 23.1 Å². The van der Waals surface area contributed by atoms with E-state index < -0.39 is 16.1 Å². The number of non-ortho nitro benzene ring substituents is 1. The number of nitriles is 1. The van der Waals surface area contributed by atoms with Gasteiger partial charge >= 0.3 is 0 Å². The smallest absolute Gasteiger partial charge is 0.269 e. The van der Waals surface area contributed by atoms with Crippen LogP contribution in [0.5, 0.6) is 0 Å². The van der Waals surface area contributed by atoms with E-state index >= 15 is 0 Å². The van der Waals surface area contributed by atoms with Gasteiger partial charge in [-0.1, -0.05) is 6.07 Å². The molecule has 1 aliphatic heterocycles. The van der Waals surface area contributed by atoms with Crippen molar-refractivity contribution >= 4 is 57.2 Å². The molecule has 12 heteroatoms. The van der Waals surface area contributed by atoms with Crippen molar-refractivity contribution in [2.24, 2.45) is 0 Å². The van der Waals surface area contributed by atoms with Gasteiger partial charge in [-0.3, -0.25) is 24.5 Å². The molecular weight excluding hydrogens is 526 g/mol. The third kappa shape index (κ3) is 6.01. The van der Waals surface area contributed by atoms with Crippen molar-refractivity contribution in [2.75, 3.05) is 17.2 Å². The second kappa shape index (κ2) is 11.5. The summed E-state index contributed by atoms with van der Waals surface area (Å²) in [6, 6.07) is 14.5. The van der Waals surface area contributed by atoms with Gasteiger partial charge < -0.3 is 15.5 Å². The van der Waals surface area contributed by atoms with Crippen LogP contribution in [0.3, 0.4) is 0 Å². The summed E-state index contributed by atoms with van der Waals surface area (Å²) in [6.07, 6.45) is 0.576. The number of nitrogens with zero attached hydrogens (tertiary/aromatic N) is 3. The van der Waals surface area contributed by atoms with Crippen LogP contribution >= 0.6 is 23.1 Å². The molecule has 0 radical (unpaired) electrons. The van der Waals surface area contributed by atoms with E-state index in [0.717, 1.165) is 15.3 Å². The van der Waals surface area contributed by atoms with E-state index in [1.165, 1.54) is 54.3 Å². The van der Waals surface area contributed by atoms with Gasteiger partial charge in [0.25, 0.3) is 11.6 Å². The van der Waals surface area contributed by atoms with Crippen LogP contribution in [-0.4, -0.2) is 39.3 Å². The zero-order chi connectivity index (χ0) is 27.4. The van der Waals surface area contributed by atoms with Crippen molar-refractivity contribution in [3.8, 4) is 6.07 Å². The topological polar surface area (TPSA) is 145 Å². The Hall–Kier alpha value is -4.21. The molecular formula is C26H23N5O5S2. The number of thiophene rings is 1. The first kappa shape index (κ1) is 26.8. The van der Waals surface area contributed by atoms with Crippen molar-refractivity contribution in [3.05, 3.63) is 80.2 Å². The number of thioether (sulfide) groups is 1. The molecule has 10 nitrogen and oxygen atoms in total. The Kier molecular flexibility index (Phi) is 8.09. The van der Waals surface area contributed by atoms with Gasteiger partial charge in [-0.2, -0.15) is 5.26 Å². The fourth-order valence-electron chi connectivity index (χ4n) is 3.93.